The van der Waals surface area contributed by atoms with Crippen molar-refractivity contribution < 1.29 is 9.53 Å². The van der Waals surface area contributed by atoms with Crippen LogP contribution < -0.4 is 0 Å². The van der Waals surface area contributed by atoms with E-state index in [9.17, 15) is 4.79 Å². The molecule has 0 bridgehead atoms. The van der Waals surface area contributed by atoms with E-state index in [1.807, 2.05) is 18.2 Å². The van der Waals surface area contributed by atoms with Gasteiger partial charge < -0.3 is 4.74 Å². The molecule has 0 saturated carbocycles. The number of carbonyl (C=O) groups is 1. The van der Waals surface area contributed by atoms with E-state index in [0.717, 1.165) is 12.8 Å². The molecule has 0 aromatic heterocycles. The van der Waals surface area contributed by atoms with Crippen molar-refractivity contribution in [1.82, 2.24) is 0 Å². The minimum Gasteiger partial charge on any atom is -0.458 e. The molecule has 1 aromatic rings. The number of hydrogen-bond acceptors (Lipinski definition) is 2. The van der Waals surface area contributed by atoms with Crippen molar-refractivity contribution in [1.29, 1.82) is 0 Å². The Morgan fingerprint density at radius 1 is 1.20 bits per heavy atom. The van der Waals surface area contributed by atoms with E-state index in [4.69, 9.17) is 4.74 Å². The number of rotatable bonds is 7. The van der Waals surface area contributed by atoms with Crippen LogP contribution in [0.25, 0.3) is 0 Å². The molecule has 2 nitrogen and oxygen atoms in total. The van der Waals surface area contributed by atoms with Gasteiger partial charge in [0.2, 0.25) is 0 Å². The minimum absolute atomic E-state index is 0.0318. The highest BCUT2D eigenvalue weighted by molar-refractivity contribution is 5.89. The summed E-state index contributed by atoms with van der Waals surface area (Å²) in [4.78, 5) is 12.1. The van der Waals surface area contributed by atoms with Gasteiger partial charge in [-0.3, -0.25) is 0 Å². The monoisotopic (exact) mass is 272 g/mol. The third-order valence-corrected chi connectivity index (χ3v) is 3.89. The van der Waals surface area contributed by atoms with Gasteiger partial charge in [-0.15, -0.1) is 0 Å². The summed E-state index contributed by atoms with van der Waals surface area (Å²) in [5, 5.41) is 0. The van der Waals surface area contributed by atoms with E-state index < -0.39 is 0 Å². The third-order valence-electron chi connectivity index (χ3n) is 3.89. The first-order valence-corrected chi connectivity index (χ1v) is 7.74. The van der Waals surface area contributed by atoms with E-state index in [0.29, 0.717) is 11.5 Å². The van der Waals surface area contributed by atoms with Crippen LogP contribution in [-0.4, -0.2) is 12.1 Å². The maximum absolute atomic E-state index is 12.1. The Morgan fingerprint density at radius 3 is 2.75 bits per heavy atom. The van der Waals surface area contributed by atoms with Gasteiger partial charge in [0, 0.05) is 12.3 Å². The predicted molar refractivity (Wildman–Crippen MR) is 81.7 cm³/mol. The molecular formula is C18H24O2. The fourth-order valence-corrected chi connectivity index (χ4v) is 2.69. The molecular weight excluding hydrogens is 248 g/mol. The van der Waals surface area contributed by atoms with Gasteiger partial charge in [0.1, 0.15) is 6.10 Å². The van der Waals surface area contributed by atoms with Crippen LogP contribution in [0.15, 0.2) is 42.5 Å². The Kier molecular flexibility index (Phi) is 5.85. The van der Waals surface area contributed by atoms with Crippen molar-refractivity contribution in [3.05, 3.63) is 48.0 Å². The molecule has 0 heterocycles. The topological polar surface area (TPSA) is 26.3 Å². The van der Waals surface area contributed by atoms with Crippen molar-refractivity contribution in [2.45, 2.75) is 51.6 Å². The lowest BCUT2D eigenvalue weighted by Crippen LogP contribution is -2.22. The molecule has 2 rings (SSSR count). The second-order valence-electron chi connectivity index (χ2n) is 5.49. The van der Waals surface area contributed by atoms with Gasteiger partial charge in [-0.2, -0.15) is 0 Å². The number of esters is 1. The summed E-state index contributed by atoms with van der Waals surface area (Å²) >= 11 is 0. The molecule has 1 aromatic carbocycles. The molecule has 0 fully saturated rings. The molecule has 0 spiro atoms. The summed E-state index contributed by atoms with van der Waals surface area (Å²) in [7, 11) is 0. The zero-order chi connectivity index (χ0) is 14.2. The van der Waals surface area contributed by atoms with Crippen LogP contribution in [0.2, 0.25) is 0 Å². The van der Waals surface area contributed by atoms with E-state index in [-0.39, 0.29) is 12.1 Å². The highest BCUT2D eigenvalue weighted by atomic mass is 16.5. The highest BCUT2D eigenvalue weighted by Gasteiger charge is 2.26. The summed E-state index contributed by atoms with van der Waals surface area (Å²) in [6.45, 7) is 2.22. The fraction of sp³-hybridized carbons (Fsp3) is 0.500. The molecule has 0 unspecified atom stereocenters. The Morgan fingerprint density at radius 2 is 2.00 bits per heavy atom. The van der Waals surface area contributed by atoms with Crippen LogP contribution in [0.5, 0.6) is 0 Å². The summed E-state index contributed by atoms with van der Waals surface area (Å²) < 4.78 is 5.67. The van der Waals surface area contributed by atoms with Gasteiger partial charge in [-0.25, -0.2) is 4.79 Å². The lowest BCUT2D eigenvalue weighted by molar-refractivity contribution is 0.0222. The number of carbonyl (C=O) groups excluding carboxylic acids is 1. The number of unbranched alkanes of at least 4 members (excludes halogenated alkanes) is 3. The first-order valence-electron chi connectivity index (χ1n) is 7.74. The van der Waals surface area contributed by atoms with Gasteiger partial charge in [0.05, 0.1) is 5.56 Å². The van der Waals surface area contributed by atoms with Gasteiger partial charge in [0.25, 0.3) is 0 Å². The van der Waals surface area contributed by atoms with E-state index >= 15 is 0 Å². The van der Waals surface area contributed by atoms with Crippen molar-refractivity contribution in [3.8, 4) is 0 Å². The van der Waals surface area contributed by atoms with Gasteiger partial charge in [-0.1, -0.05) is 63.0 Å². The van der Waals surface area contributed by atoms with E-state index in [2.05, 4.69) is 19.1 Å². The number of hydrogen-bond donors (Lipinski definition) is 0. The molecule has 0 radical (unpaired) electrons. The number of benzene rings is 1. The third kappa shape index (κ3) is 4.22. The van der Waals surface area contributed by atoms with Crippen LogP contribution in [0.3, 0.4) is 0 Å². The highest BCUT2D eigenvalue weighted by Crippen LogP contribution is 2.27. The predicted octanol–water partition coefficient (Wildman–Crippen LogP) is 4.76. The van der Waals surface area contributed by atoms with Gasteiger partial charge >= 0.3 is 5.97 Å². The Hall–Kier alpha value is -1.57. The first kappa shape index (κ1) is 14.8. The normalized spacial score (nSPS) is 21.1. The van der Waals surface area contributed by atoms with Crippen LogP contribution in [-0.2, 0) is 4.74 Å². The lowest BCUT2D eigenvalue weighted by atomic mass is 9.98. The fourth-order valence-electron chi connectivity index (χ4n) is 2.69. The molecule has 108 valence electrons. The zero-order valence-electron chi connectivity index (χ0n) is 12.3. The summed E-state index contributed by atoms with van der Waals surface area (Å²) in [6, 6.07) is 9.25. The van der Waals surface area contributed by atoms with Crippen molar-refractivity contribution in [2.24, 2.45) is 5.92 Å². The van der Waals surface area contributed by atoms with Gasteiger partial charge in [-0.05, 0) is 18.6 Å². The van der Waals surface area contributed by atoms with Crippen molar-refractivity contribution >= 4 is 5.97 Å². The Bertz CT molecular complexity index is 436. The standard InChI is InChI=1S/C18H24O2/c1-2-3-4-6-10-15-13-9-14-17(15)20-18(19)16-11-7-5-8-12-16/h5,7-9,11-13,15,17H,2-4,6,10,14H2,1H3/t15-,17+/m1/s1. The Labute approximate surface area is 121 Å². The molecule has 1 aliphatic carbocycles. The maximum Gasteiger partial charge on any atom is 0.338 e. The first-order chi connectivity index (χ1) is 9.81. The summed E-state index contributed by atoms with van der Waals surface area (Å²) in [6.07, 6.45) is 11.4. The molecule has 0 N–H and O–H groups in total. The molecule has 2 atom stereocenters. The zero-order valence-corrected chi connectivity index (χ0v) is 12.3. The smallest absolute Gasteiger partial charge is 0.338 e. The van der Waals surface area contributed by atoms with Crippen molar-refractivity contribution in [2.75, 3.05) is 0 Å². The largest absolute Gasteiger partial charge is 0.458 e. The molecule has 1 aliphatic rings. The van der Waals surface area contributed by atoms with Crippen LogP contribution >= 0.6 is 0 Å². The van der Waals surface area contributed by atoms with Crippen LogP contribution in [0.4, 0.5) is 0 Å². The number of ether oxygens (including phenoxy) is 1. The molecule has 0 aliphatic heterocycles. The average molecular weight is 272 g/mol. The average Bonchev–Trinajstić information content (AvgIpc) is 2.92. The molecule has 0 saturated heterocycles. The summed E-state index contributed by atoms with van der Waals surface area (Å²) in [5.74, 6) is 0.206. The summed E-state index contributed by atoms with van der Waals surface area (Å²) in [5.41, 5.74) is 0.643. The SMILES string of the molecule is CCCCCC[C@@H]1C=CC[C@@H]1OC(=O)c1ccccc1. The van der Waals surface area contributed by atoms with Crippen molar-refractivity contribution in [3.63, 3.8) is 0 Å². The molecule has 20 heavy (non-hydrogen) atoms. The lowest BCUT2D eigenvalue weighted by Gasteiger charge is -2.20. The van der Waals surface area contributed by atoms with Gasteiger partial charge in [0.15, 0.2) is 0 Å². The second kappa shape index (κ2) is 7.88. The second-order valence-corrected chi connectivity index (χ2v) is 5.49. The van der Waals surface area contributed by atoms with Crippen LogP contribution in [0.1, 0.15) is 55.8 Å². The minimum atomic E-state index is -0.196. The molecule has 0 amide bonds. The quantitative estimate of drug-likeness (QED) is 0.406. The maximum atomic E-state index is 12.1. The Balaban J connectivity index is 1.81. The van der Waals surface area contributed by atoms with E-state index in [1.54, 1.807) is 12.1 Å². The molecule has 2 heteroatoms. The van der Waals surface area contributed by atoms with E-state index in [1.165, 1.54) is 25.7 Å². The van der Waals surface area contributed by atoms with Crippen LogP contribution in [0, 0.1) is 5.92 Å².